The number of nitrogens with zero attached hydrogens (tertiary/aromatic N) is 3. The number of carbonyl (C=O) groups is 2. The maximum atomic E-state index is 13.5. The summed E-state index contributed by atoms with van der Waals surface area (Å²) >= 11 is 0. The molecule has 2 rings (SSSR count). The third-order valence-corrected chi connectivity index (χ3v) is 2.73. The van der Waals surface area contributed by atoms with Gasteiger partial charge in [0.05, 0.1) is 18.2 Å². The molecular weight excluding hydrogens is 237 g/mol. The summed E-state index contributed by atoms with van der Waals surface area (Å²) in [7, 11) is 1.50. The fourth-order valence-electron chi connectivity index (χ4n) is 1.76. The van der Waals surface area contributed by atoms with Crippen molar-refractivity contribution >= 4 is 11.9 Å². The molecule has 0 aromatic heterocycles. The van der Waals surface area contributed by atoms with Crippen LogP contribution < -0.4 is 0 Å². The Morgan fingerprint density at radius 3 is 2.72 bits per heavy atom. The van der Waals surface area contributed by atoms with Crippen LogP contribution in [0.4, 0.5) is 9.18 Å². The summed E-state index contributed by atoms with van der Waals surface area (Å²) in [5, 5.41) is 8.73. The van der Waals surface area contributed by atoms with Crippen LogP contribution in [0, 0.1) is 17.1 Å². The predicted molar refractivity (Wildman–Crippen MR) is 59.7 cm³/mol. The minimum atomic E-state index is -0.538. The van der Waals surface area contributed by atoms with Crippen LogP contribution in [0.2, 0.25) is 0 Å². The van der Waals surface area contributed by atoms with Gasteiger partial charge in [-0.2, -0.15) is 5.26 Å². The highest BCUT2D eigenvalue weighted by molar-refractivity contribution is 6.01. The molecule has 0 aliphatic carbocycles. The SMILES string of the molecule is CN1CC(=O)N(Cc2cc(C#N)ccc2F)C1=O. The Kier molecular flexibility index (Phi) is 2.98. The number of benzene rings is 1. The van der Waals surface area contributed by atoms with Crippen molar-refractivity contribution in [1.29, 1.82) is 5.26 Å². The normalized spacial score (nSPS) is 15.2. The van der Waals surface area contributed by atoms with E-state index in [-0.39, 0.29) is 24.6 Å². The Balaban J connectivity index is 2.27. The van der Waals surface area contributed by atoms with Crippen molar-refractivity contribution in [3.05, 3.63) is 35.1 Å². The largest absolute Gasteiger partial charge is 0.327 e. The zero-order valence-corrected chi connectivity index (χ0v) is 9.68. The lowest BCUT2D eigenvalue weighted by Gasteiger charge is -2.14. The molecule has 6 heteroatoms. The van der Waals surface area contributed by atoms with Gasteiger partial charge in [-0.1, -0.05) is 0 Å². The monoisotopic (exact) mass is 247 g/mol. The summed E-state index contributed by atoms with van der Waals surface area (Å²) in [5.41, 5.74) is 0.449. The highest BCUT2D eigenvalue weighted by Crippen LogP contribution is 2.16. The molecule has 0 bridgehead atoms. The molecule has 0 saturated carbocycles. The average Bonchev–Trinajstić information content (AvgIpc) is 2.58. The lowest BCUT2D eigenvalue weighted by molar-refractivity contribution is -0.125. The molecule has 1 aliphatic rings. The van der Waals surface area contributed by atoms with Gasteiger partial charge in [-0.3, -0.25) is 9.69 Å². The molecule has 1 aromatic carbocycles. The van der Waals surface area contributed by atoms with Gasteiger partial charge < -0.3 is 4.90 Å². The van der Waals surface area contributed by atoms with E-state index in [0.717, 1.165) is 11.0 Å². The first-order chi connectivity index (χ1) is 8.52. The summed E-state index contributed by atoms with van der Waals surface area (Å²) in [4.78, 5) is 25.4. The van der Waals surface area contributed by atoms with Gasteiger partial charge in [-0.25, -0.2) is 9.18 Å². The summed E-state index contributed by atoms with van der Waals surface area (Å²) in [6.07, 6.45) is 0. The van der Waals surface area contributed by atoms with E-state index in [1.165, 1.54) is 24.1 Å². The molecule has 18 heavy (non-hydrogen) atoms. The minimum Gasteiger partial charge on any atom is -0.318 e. The third kappa shape index (κ3) is 2.02. The molecule has 5 nitrogen and oxygen atoms in total. The molecule has 0 unspecified atom stereocenters. The van der Waals surface area contributed by atoms with Crippen LogP contribution >= 0.6 is 0 Å². The van der Waals surface area contributed by atoms with E-state index in [1.807, 2.05) is 6.07 Å². The fraction of sp³-hybridized carbons (Fsp3) is 0.250. The van der Waals surface area contributed by atoms with Crippen molar-refractivity contribution in [2.75, 3.05) is 13.6 Å². The van der Waals surface area contributed by atoms with E-state index in [4.69, 9.17) is 5.26 Å². The second kappa shape index (κ2) is 4.45. The first-order valence-electron chi connectivity index (χ1n) is 5.27. The van der Waals surface area contributed by atoms with Crippen LogP contribution in [0.25, 0.3) is 0 Å². The molecule has 1 fully saturated rings. The number of nitriles is 1. The Morgan fingerprint density at radius 2 is 2.17 bits per heavy atom. The lowest BCUT2D eigenvalue weighted by atomic mass is 10.1. The molecule has 0 spiro atoms. The number of rotatable bonds is 2. The second-order valence-corrected chi connectivity index (χ2v) is 4.04. The Hall–Kier alpha value is -2.42. The van der Waals surface area contributed by atoms with Gasteiger partial charge in [0.15, 0.2) is 0 Å². The van der Waals surface area contributed by atoms with E-state index in [0.29, 0.717) is 5.56 Å². The molecule has 0 N–H and O–H groups in total. The minimum absolute atomic E-state index is 0.00159. The lowest BCUT2D eigenvalue weighted by Crippen LogP contribution is -2.31. The average molecular weight is 247 g/mol. The highest BCUT2D eigenvalue weighted by Gasteiger charge is 2.33. The summed E-state index contributed by atoms with van der Waals surface area (Å²) in [6, 6.07) is 5.27. The molecule has 0 atom stereocenters. The quantitative estimate of drug-likeness (QED) is 0.735. The predicted octanol–water partition coefficient (Wildman–Crippen LogP) is 1.09. The second-order valence-electron chi connectivity index (χ2n) is 4.04. The molecule has 1 saturated heterocycles. The number of amides is 3. The van der Waals surface area contributed by atoms with Crippen LogP contribution in [0.5, 0.6) is 0 Å². The van der Waals surface area contributed by atoms with Crippen LogP contribution in [0.3, 0.4) is 0 Å². The van der Waals surface area contributed by atoms with Gasteiger partial charge in [-0.15, -0.1) is 0 Å². The van der Waals surface area contributed by atoms with E-state index < -0.39 is 11.8 Å². The standard InChI is InChI=1S/C12H10FN3O2/c1-15-7-11(17)16(12(15)18)6-9-4-8(5-14)2-3-10(9)13/h2-4H,6-7H2,1H3. The van der Waals surface area contributed by atoms with Crippen molar-refractivity contribution in [1.82, 2.24) is 9.80 Å². The molecule has 1 heterocycles. The number of urea groups is 1. The van der Waals surface area contributed by atoms with Gasteiger partial charge in [-0.05, 0) is 18.2 Å². The zero-order chi connectivity index (χ0) is 13.3. The zero-order valence-electron chi connectivity index (χ0n) is 9.68. The number of likely N-dealkylation sites (N-methyl/N-ethyl adjacent to an activating group) is 1. The van der Waals surface area contributed by atoms with Crippen molar-refractivity contribution in [2.45, 2.75) is 6.54 Å². The summed E-state index contributed by atoms with van der Waals surface area (Å²) in [6.45, 7) is -0.151. The maximum Gasteiger partial charge on any atom is 0.327 e. The van der Waals surface area contributed by atoms with E-state index in [1.54, 1.807) is 0 Å². The Bertz CT molecular complexity index is 565. The molecule has 0 radical (unpaired) electrons. The van der Waals surface area contributed by atoms with Crippen LogP contribution in [-0.4, -0.2) is 35.3 Å². The van der Waals surface area contributed by atoms with Crippen molar-refractivity contribution in [3.8, 4) is 6.07 Å². The Morgan fingerprint density at radius 1 is 1.44 bits per heavy atom. The summed E-state index contributed by atoms with van der Waals surface area (Å²) in [5.74, 6) is -0.909. The highest BCUT2D eigenvalue weighted by atomic mass is 19.1. The van der Waals surface area contributed by atoms with Gasteiger partial charge in [0.1, 0.15) is 12.4 Å². The smallest absolute Gasteiger partial charge is 0.318 e. The van der Waals surface area contributed by atoms with E-state index in [9.17, 15) is 14.0 Å². The van der Waals surface area contributed by atoms with Gasteiger partial charge in [0.2, 0.25) is 0 Å². The first-order valence-corrected chi connectivity index (χ1v) is 5.27. The number of hydrogen-bond donors (Lipinski definition) is 0. The van der Waals surface area contributed by atoms with Gasteiger partial charge >= 0.3 is 6.03 Å². The third-order valence-electron chi connectivity index (χ3n) is 2.73. The maximum absolute atomic E-state index is 13.5. The molecule has 92 valence electrons. The van der Waals surface area contributed by atoms with Crippen molar-refractivity contribution in [2.24, 2.45) is 0 Å². The van der Waals surface area contributed by atoms with E-state index >= 15 is 0 Å². The van der Waals surface area contributed by atoms with Crippen molar-refractivity contribution in [3.63, 3.8) is 0 Å². The van der Waals surface area contributed by atoms with Gasteiger partial charge in [0, 0.05) is 12.6 Å². The number of carbonyl (C=O) groups excluding carboxylic acids is 2. The molecule has 1 aliphatic heterocycles. The van der Waals surface area contributed by atoms with Gasteiger partial charge in [0.25, 0.3) is 5.91 Å². The van der Waals surface area contributed by atoms with E-state index in [2.05, 4.69) is 0 Å². The summed E-state index contributed by atoms with van der Waals surface area (Å²) < 4.78 is 13.5. The Labute approximate surface area is 103 Å². The molecular formula is C12H10FN3O2. The first kappa shape index (κ1) is 12.0. The van der Waals surface area contributed by atoms with Crippen molar-refractivity contribution < 1.29 is 14.0 Å². The molecule has 1 aromatic rings. The number of halogens is 1. The number of hydrogen-bond acceptors (Lipinski definition) is 3. The number of imide groups is 1. The van der Waals surface area contributed by atoms with Crippen LogP contribution in [-0.2, 0) is 11.3 Å². The topological polar surface area (TPSA) is 64.4 Å². The fourth-order valence-corrected chi connectivity index (χ4v) is 1.76. The molecule has 3 amide bonds. The van der Waals surface area contributed by atoms with Crippen LogP contribution in [0.15, 0.2) is 18.2 Å². The van der Waals surface area contributed by atoms with Crippen LogP contribution in [0.1, 0.15) is 11.1 Å².